The highest BCUT2D eigenvalue weighted by molar-refractivity contribution is 8.00. The molecule has 1 aliphatic heterocycles. The van der Waals surface area contributed by atoms with Crippen molar-refractivity contribution >= 4 is 45.7 Å². The minimum atomic E-state index is -0.988. The van der Waals surface area contributed by atoms with Gasteiger partial charge in [-0.05, 0) is 65.6 Å². The summed E-state index contributed by atoms with van der Waals surface area (Å²) in [4.78, 5) is 32.3. The predicted molar refractivity (Wildman–Crippen MR) is 167 cm³/mol. The fourth-order valence-corrected chi connectivity index (χ4v) is 6.65. The molecule has 1 fully saturated rings. The van der Waals surface area contributed by atoms with Crippen molar-refractivity contribution in [2.45, 2.75) is 29.7 Å². The standard InChI is InChI=1S/C33H25FN4O4S2/c1-20-7-2-3-8-23(20)18-42-25-14-12-21(13-15-25)29(39)27-28(22-10-6-16-35-17-22)38(31(41)30(27)40)32-36-37-33(44-32)43-19-24-9-4-5-11-26(24)34/h2-17,28,39H,18-19H2,1H3. The average Bonchev–Trinajstić information content (AvgIpc) is 3.62. The van der Waals surface area contributed by atoms with Gasteiger partial charge >= 0.3 is 5.91 Å². The van der Waals surface area contributed by atoms with Gasteiger partial charge in [-0.25, -0.2) is 4.39 Å². The van der Waals surface area contributed by atoms with Crippen molar-refractivity contribution in [2.75, 3.05) is 4.90 Å². The number of benzene rings is 3. The van der Waals surface area contributed by atoms with Crippen LogP contribution in [-0.2, 0) is 21.9 Å². The van der Waals surface area contributed by atoms with Crippen LogP contribution in [0.25, 0.3) is 5.76 Å². The molecule has 0 aliphatic carbocycles. The maximum Gasteiger partial charge on any atom is 0.301 e. The number of nitrogens with zero attached hydrogens (tertiary/aromatic N) is 4. The molecule has 1 saturated heterocycles. The summed E-state index contributed by atoms with van der Waals surface area (Å²) in [5.41, 5.74) is 3.46. The van der Waals surface area contributed by atoms with E-state index in [4.69, 9.17) is 4.74 Å². The van der Waals surface area contributed by atoms with Crippen molar-refractivity contribution in [1.82, 2.24) is 15.2 Å². The zero-order chi connectivity index (χ0) is 30.6. The van der Waals surface area contributed by atoms with Gasteiger partial charge in [0.05, 0.1) is 11.6 Å². The van der Waals surface area contributed by atoms with Crippen LogP contribution in [0, 0.1) is 12.7 Å². The van der Waals surface area contributed by atoms with Gasteiger partial charge in [0, 0.05) is 23.7 Å². The topological polar surface area (TPSA) is 106 Å². The van der Waals surface area contributed by atoms with Gasteiger partial charge in [0.15, 0.2) is 4.34 Å². The molecule has 220 valence electrons. The molecular weight excluding hydrogens is 600 g/mol. The zero-order valence-corrected chi connectivity index (χ0v) is 25.0. The van der Waals surface area contributed by atoms with E-state index < -0.39 is 17.7 Å². The van der Waals surface area contributed by atoms with Gasteiger partial charge in [0.25, 0.3) is 5.78 Å². The zero-order valence-electron chi connectivity index (χ0n) is 23.4. The van der Waals surface area contributed by atoms with Crippen molar-refractivity contribution < 1.29 is 23.8 Å². The van der Waals surface area contributed by atoms with Crippen LogP contribution >= 0.6 is 23.1 Å². The lowest BCUT2D eigenvalue weighted by atomic mass is 9.96. The van der Waals surface area contributed by atoms with Crippen LogP contribution in [0.2, 0.25) is 0 Å². The maximum absolute atomic E-state index is 14.1. The molecule has 1 aliphatic rings. The van der Waals surface area contributed by atoms with Crippen LogP contribution in [0.5, 0.6) is 5.75 Å². The lowest BCUT2D eigenvalue weighted by Gasteiger charge is -2.22. The summed E-state index contributed by atoms with van der Waals surface area (Å²) in [5.74, 6) is -1.45. The number of aromatic nitrogens is 3. The number of hydrogen-bond donors (Lipinski definition) is 1. The summed E-state index contributed by atoms with van der Waals surface area (Å²) >= 11 is 2.38. The lowest BCUT2D eigenvalue weighted by molar-refractivity contribution is -0.132. The number of carbonyl (C=O) groups is 2. The molecule has 5 aromatic rings. The number of amides is 1. The third-order valence-electron chi connectivity index (χ3n) is 7.14. The summed E-state index contributed by atoms with van der Waals surface area (Å²) in [6, 6.07) is 23.5. The molecule has 0 bridgehead atoms. The Kier molecular flexibility index (Phi) is 8.49. The first kappa shape index (κ1) is 29.2. The SMILES string of the molecule is Cc1ccccc1COc1ccc(C(O)=C2C(=O)C(=O)N(c3nnc(SCc4ccccc4F)s3)C2c2cccnc2)cc1. The van der Waals surface area contributed by atoms with E-state index in [0.717, 1.165) is 22.5 Å². The molecule has 1 unspecified atom stereocenters. The molecular formula is C33H25FN4O4S2. The Morgan fingerprint density at radius 2 is 1.73 bits per heavy atom. The summed E-state index contributed by atoms with van der Waals surface area (Å²) < 4.78 is 20.5. The van der Waals surface area contributed by atoms with Crippen LogP contribution < -0.4 is 9.64 Å². The van der Waals surface area contributed by atoms with Crippen molar-refractivity contribution in [3.05, 3.63) is 137 Å². The Morgan fingerprint density at radius 3 is 2.45 bits per heavy atom. The molecule has 6 rings (SSSR count). The molecule has 1 amide bonds. The minimum absolute atomic E-state index is 0.0904. The van der Waals surface area contributed by atoms with Crippen molar-refractivity contribution in [2.24, 2.45) is 0 Å². The third-order valence-corrected chi connectivity index (χ3v) is 9.24. The number of Topliss-reactive ketones (excluding diaryl/α,β-unsaturated/α-hetero) is 1. The van der Waals surface area contributed by atoms with E-state index in [-0.39, 0.29) is 22.3 Å². The number of ether oxygens (including phenoxy) is 1. The highest BCUT2D eigenvalue weighted by Gasteiger charge is 2.48. The van der Waals surface area contributed by atoms with Crippen molar-refractivity contribution in [1.29, 1.82) is 0 Å². The van der Waals surface area contributed by atoms with Crippen molar-refractivity contribution in [3.63, 3.8) is 0 Å². The normalized spacial score (nSPS) is 16.0. The Morgan fingerprint density at radius 1 is 0.977 bits per heavy atom. The number of aliphatic hydroxyl groups excluding tert-OH is 1. The Bertz CT molecular complexity index is 1860. The van der Waals surface area contributed by atoms with Gasteiger partial charge in [-0.2, -0.15) is 0 Å². The number of anilines is 1. The average molecular weight is 625 g/mol. The smallest absolute Gasteiger partial charge is 0.301 e. The number of aliphatic hydroxyl groups is 1. The predicted octanol–water partition coefficient (Wildman–Crippen LogP) is 6.88. The molecule has 1 atom stereocenters. The summed E-state index contributed by atoms with van der Waals surface area (Å²) in [6.45, 7) is 2.40. The molecule has 8 nitrogen and oxygen atoms in total. The molecule has 3 heterocycles. The number of carbonyl (C=O) groups excluding carboxylic acids is 2. The molecule has 44 heavy (non-hydrogen) atoms. The molecule has 3 aromatic carbocycles. The molecule has 11 heteroatoms. The quantitative estimate of drug-likeness (QED) is 0.0622. The molecule has 1 N–H and O–H groups in total. The second-order valence-electron chi connectivity index (χ2n) is 9.93. The Labute approximate surface area is 260 Å². The van der Waals surface area contributed by atoms with Gasteiger partial charge in [0.1, 0.15) is 23.9 Å². The van der Waals surface area contributed by atoms with Crippen LogP contribution in [0.4, 0.5) is 9.52 Å². The Hall–Kier alpha value is -4.87. The summed E-state index contributed by atoms with van der Waals surface area (Å²) in [7, 11) is 0. The molecule has 0 saturated carbocycles. The highest BCUT2D eigenvalue weighted by atomic mass is 32.2. The number of thioether (sulfide) groups is 1. The van der Waals surface area contributed by atoms with E-state index in [9.17, 15) is 19.1 Å². The van der Waals surface area contributed by atoms with Crippen molar-refractivity contribution in [3.8, 4) is 5.75 Å². The Balaban J connectivity index is 1.29. The van der Waals surface area contributed by atoms with Gasteiger partial charge in [-0.3, -0.25) is 19.5 Å². The van der Waals surface area contributed by atoms with Crippen LogP contribution in [0.15, 0.2) is 107 Å². The van der Waals surface area contributed by atoms with Crippen LogP contribution in [0.1, 0.15) is 33.9 Å². The largest absolute Gasteiger partial charge is 0.507 e. The second-order valence-corrected chi connectivity index (χ2v) is 12.1. The lowest BCUT2D eigenvalue weighted by Crippen LogP contribution is -2.29. The number of aryl methyl sites for hydroxylation is 1. The van der Waals surface area contributed by atoms with E-state index in [1.807, 2.05) is 31.2 Å². The minimum Gasteiger partial charge on any atom is -0.507 e. The van der Waals surface area contributed by atoms with E-state index >= 15 is 0 Å². The maximum atomic E-state index is 14.1. The summed E-state index contributed by atoms with van der Waals surface area (Å²) in [6.07, 6.45) is 3.11. The summed E-state index contributed by atoms with van der Waals surface area (Å²) in [5, 5.41) is 20.0. The number of rotatable bonds is 9. The third kappa shape index (κ3) is 5.97. The fraction of sp³-hybridized carbons (Fsp3) is 0.121. The van der Waals surface area contributed by atoms with Crippen LogP contribution in [-0.4, -0.2) is 32.0 Å². The van der Waals surface area contributed by atoms with Crippen LogP contribution in [0.3, 0.4) is 0 Å². The molecule has 0 spiro atoms. The van der Waals surface area contributed by atoms with E-state index in [1.54, 1.807) is 60.8 Å². The van der Waals surface area contributed by atoms with E-state index in [0.29, 0.717) is 39.1 Å². The number of ketones is 1. The number of halogens is 1. The first-order valence-corrected chi connectivity index (χ1v) is 15.4. The first-order valence-electron chi connectivity index (χ1n) is 13.6. The second kappa shape index (κ2) is 12.8. The number of hydrogen-bond acceptors (Lipinski definition) is 9. The van der Waals surface area contributed by atoms with Gasteiger partial charge in [0.2, 0.25) is 5.13 Å². The van der Waals surface area contributed by atoms with Gasteiger partial charge in [-0.15, -0.1) is 10.2 Å². The van der Waals surface area contributed by atoms with Gasteiger partial charge in [-0.1, -0.05) is 71.6 Å². The van der Waals surface area contributed by atoms with E-state index in [2.05, 4.69) is 15.2 Å². The monoisotopic (exact) mass is 624 g/mol. The molecule has 2 aromatic heterocycles. The number of pyridine rings is 1. The highest BCUT2D eigenvalue weighted by Crippen LogP contribution is 2.44. The molecule has 0 radical (unpaired) electrons. The first-order chi connectivity index (χ1) is 21.4. The van der Waals surface area contributed by atoms with Gasteiger partial charge < -0.3 is 9.84 Å². The fourth-order valence-electron chi connectivity index (χ4n) is 4.79. The van der Waals surface area contributed by atoms with E-state index in [1.165, 1.54) is 28.9 Å².